The normalized spacial score (nSPS) is 21.8. The number of nitrogen functional groups attached to an aromatic ring is 1. The summed E-state index contributed by atoms with van der Waals surface area (Å²) in [7, 11) is -3.52. The van der Waals surface area contributed by atoms with Gasteiger partial charge in [0.1, 0.15) is 0 Å². The summed E-state index contributed by atoms with van der Waals surface area (Å²) in [5, 5.41) is 9.54. The molecule has 1 fully saturated rings. The van der Waals surface area contributed by atoms with Crippen molar-refractivity contribution in [3.63, 3.8) is 0 Å². The van der Waals surface area contributed by atoms with Gasteiger partial charge in [0, 0.05) is 18.8 Å². The summed E-state index contributed by atoms with van der Waals surface area (Å²) in [5.74, 6) is 5.23. The molecular formula is C11H17N3O3S. The maximum atomic E-state index is 12.3. The number of piperidine rings is 1. The average molecular weight is 271 g/mol. The Morgan fingerprint density at radius 1 is 1.33 bits per heavy atom. The van der Waals surface area contributed by atoms with E-state index in [1.165, 1.54) is 16.4 Å². The number of benzene rings is 1. The number of nitrogens with zero attached hydrogens (tertiary/aromatic N) is 1. The second-order valence-electron chi connectivity index (χ2n) is 4.33. The molecule has 1 aliphatic heterocycles. The first kappa shape index (κ1) is 13.3. The molecule has 1 aromatic carbocycles. The van der Waals surface area contributed by atoms with Crippen molar-refractivity contribution in [2.24, 2.45) is 5.84 Å². The van der Waals surface area contributed by atoms with Gasteiger partial charge in [-0.2, -0.15) is 4.31 Å². The second-order valence-corrected chi connectivity index (χ2v) is 6.27. The lowest BCUT2D eigenvalue weighted by Gasteiger charge is -2.29. The first-order valence-corrected chi connectivity index (χ1v) is 7.23. The Morgan fingerprint density at radius 3 is 2.56 bits per heavy atom. The number of sulfonamides is 1. The van der Waals surface area contributed by atoms with Crippen LogP contribution in [0.15, 0.2) is 29.2 Å². The van der Waals surface area contributed by atoms with Crippen molar-refractivity contribution in [3.05, 3.63) is 24.3 Å². The van der Waals surface area contributed by atoms with Crippen LogP contribution in [0.4, 0.5) is 5.69 Å². The molecule has 1 unspecified atom stereocenters. The van der Waals surface area contributed by atoms with Crippen LogP contribution in [0.3, 0.4) is 0 Å². The molecule has 1 aliphatic rings. The molecule has 4 N–H and O–H groups in total. The van der Waals surface area contributed by atoms with E-state index in [0.717, 1.165) is 0 Å². The van der Waals surface area contributed by atoms with E-state index in [0.29, 0.717) is 25.1 Å². The molecule has 0 saturated carbocycles. The van der Waals surface area contributed by atoms with Gasteiger partial charge < -0.3 is 10.5 Å². The van der Waals surface area contributed by atoms with Gasteiger partial charge in [0.15, 0.2) is 0 Å². The van der Waals surface area contributed by atoms with Gasteiger partial charge in [-0.1, -0.05) is 0 Å². The lowest BCUT2D eigenvalue weighted by atomic mass is 10.1. The van der Waals surface area contributed by atoms with Crippen LogP contribution >= 0.6 is 0 Å². The molecule has 6 nitrogen and oxygen atoms in total. The highest BCUT2D eigenvalue weighted by Gasteiger charge is 2.29. The highest BCUT2D eigenvalue weighted by atomic mass is 32.2. The SMILES string of the molecule is NNc1ccc(S(=O)(=O)N2CCCC(O)C2)cc1. The third-order valence-electron chi connectivity index (χ3n) is 3.02. The maximum Gasteiger partial charge on any atom is 0.243 e. The summed E-state index contributed by atoms with van der Waals surface area (Å²) in [6.07, 6.45) is 0.767. The van der Waals surface area contributed by atoms with E-state index >= 15 is 0 Å². The molecule has 100 valence electrons. The summed E-state index contributed by atoms with van der Waals surface area (Å²) in [4.78, 5) is 0.218. The number of hydrazine groups is 1. The van der Waals surface area contributed by atoms with E-state index in [9.17, 15) is 13.5 Å². The molecule has 0 aliphatic carbocycles. The Bertz CT molecular complexity index is 501. The average Bonchev–Trinajstić information content (AvgIpc) is 2.39. The minimum Gasteiger partial charge on any atom is -0.392 e. The van der Waals surface area contributed by atoms with Crippen LogP contribution in [0, 0.1) is 0 Å². The highest BCUT2D eigenvalue weighted by molar-refractivity contribution is 7.89. The number of hydrogen-bond acceptors (Lipinski definition) is 5. The Labute approximate surface area is 106 Å². The van der Waals surface area contributed by atoms with E-state index in [1.807, 2.05) is 0 Å². The fourth-order valence-corrected chi connectivity index (χ4v) is 3.53. The monoisotopic (exact) mass is 271 g/mol. The van der Waals surface area contributed by atoms with E-state index in [1.54, 1.807) is 12.1 Å². The lowest BCUT2D eigenvalue weighted by Crippen LogP contribution is -2.42. The highest BCUT2D eigenvalue weighted by Crippen LogP contribution is 2.21. The van der Waals surface area contributed by atoms with Crippen molar-refractivity contribution in [3.8, 4) is 0 Å². The van der Waals surface area contributed by atoms with Gasteiger partial charge in [0.2, 0.25) is 10.0 Å². The topological polar surface area (TPSA) is 95.7 Å². The minimum absolute atomic E-state index is 0.166. The van der Waals surface area contributed by atoms with Crippen molar-refractivity contribution in [1.29, 1.82) is 0 Å². The van der Waals surface area contributed by atoms with Crippen LogP contribution in [-0.4, -0.2) is 37.0 Å². The molecule has 1 atom stereocenters. The first-order chi connectivity index (χ1) is 8.54. The van der Waals surface area contributed by atoms with E-state index < -0.39 is 16.1 Å². The first-order valence-electron chi connectivity index (χ1n) is 5.79. The predicted octanol–water partition coefficient (Wildman–Crippen LogP) is 0.118. The fourth-order valence-electron chi connectivity index (χ4n) is 2.01. The molecule has 0 aromatic heterocycles. The van der Waals surface area contributed by atoms with E-state index in [-0.39, 0.29) is 11.4 Å². The molecule has 0 amide bonds. The Morgan fingerprint density at radius 2 is 2.00 bits per heavy atom. The van der Waals surface area contributed by atoms with Crippen molar-refractivity contribution in [1.82, 2.24) is 4.31 Å². The number of nitrogens with one attached hydrogen (secondary N) is 1. The largest absolute Gasteiger partial charge is 0.392 e. The van der Waals surface area contributed by atoms with Gasteiger partial charge in [-0.05, 0) is 37.1 Å². The predicted molar refractivity (Wildman–Crippen MR) is 68.3 cm³/mol. The zero-order valence-electron chi connectivity index (χ0n) is 9.91. The Kier molecular flexibility index (Phi) is 3.86. The molecule has 2 rings (SSSR count). The van der Waals surface area contributed by atoms with Crippen molar-refractivity contribution in [2.45, 2.75) is 23.8 Å². The molecule has 1 heterocycles. The van der Waals surface area contributed by atoms with Gasteiger partial charge in [-0.25, -0.2) is 8.42 Å². The fraction of sp³-hybridized carbons (Fsp3) is 0.455. The van der Waals surface area contributed by atoms with E-state index in [4.69, 9.17) is 5.84 Å². The van der Waals surface area contributed by atoms with Crippen LogP contribution in [0.1, 0.15) is 12.8 Å². The minimum atomic E-state index is -3.52. The number of anilines is 1. The molecule has 0 radical (unpaired) electrons. The molecule has 0 spiro atoms. The number of rotatable bonds is 3. The summed E-state index contributed by atoms with van der Waals surface area (Å²) in [6.45, 7) is 0.621. The summed E-state index contributed by atoms with van der Waals surface area (Å²) < 4.78 is 25.9. The van der Waals surface area contributed by atoms with Crippen molar-refractivity contribution >= 4 is 15.7 Å². The number of aliphatic hydroxyl groups is 1. The van der Waals surface area contributed by atoms with Gasteiger partial charge in [0.05, 0.1) is 11.0 Å². The molecule has 18 heavy (non-hydrogen) atoms. The number of hydrogen-bond donors (Lipinski definition) is 3. The maximum absolute atomic E-state index is 12.3. The third kappa shape index (κ3) is 2.64. The molecular weight excluding hydrogens is 254 g/mol. The number of nitrogens with two attached hydrogens (primary N) is 1. The number of β-amino-alcohol motifs (C(OH)–C–C–N with tert-alkyl or cyclic N) is 1. The quantitative estimate of drug-likeness (QED) is 0.536. The molecule has 1 aromatic rings. The lowest BCUT2D eigenvalue weighted by molar-refractivity contribution is 0.108. The van der Waals surface area contributed by atoms with Gasteiger partial charge >= 0.3 is 0 Å². The molecule has 0 bridgehead atoms. The number of aliphatic hydroxyl groups excluding tert-OH is 1. The van der Waals surface area contributed by atoms with Crippen molar-refractivity contribution < 1.29 is 13.5 Å². The Balaban J connectivity index is 2.23. The zero-order valence-corrected chi connectivity index (χ0v) is 10.7. The standard InChI is InChI=1S/C11H17N3O3S/c12-13-9-3-5-11(6-4-9)18(16,17)14-7-1-2-10(15)8-14/h3-6,10,13,15H,1-2,7-8,12H2. The Hall–Kier alpha value is -1.15. The van der Waals surface area contributed by atoms with Crippen LogP contribution < -0.4 is 11.3 Å². The van der Waals surface area contributed by atoms with E-state index in [2.05, 4.69) is 5.43 Å². The second kappa shape index (κ2) is 5.23. The van der Waals surface area contributed by atoms with Crippen LogP contribution in [0.25, 0.3) is 0 Å². The smallest absolute Gasteiger partial charge is 0.243 e. The van der Waals surface area contributed by atoms with Crippen LogP contribution in [0.2, 0.25) is 0 Å². The summed E-state index contributed by atoms with van der Waals surface area (Å²) >= 11 is 0. The van der Waals surface area contributed by atoms with Gasteiger partial charge in [-0.3, -0.25) is 5.84 Å². The van der Waals surface area contributed by atoms with Crippen LogP contribution in [-0.2, 0) is 10.0 Å². The summed E-state index contributed by atoms with van der Waals surface area (Å²) in [5.41, 5.74) is 3.09. The van der Waals surface area contributed by atoms with Crippen molar-refractivity contribution in [2.75, 3.05) is 18.5 Å². The molecule has 7 heteroatoms. The van der Waals surface area contributed by atoms with Crippen LogP contribution in [0.5, 0.6) is 0 Å². The van der Waals surface area contributed by atoms with Gasteiger partial charge in [-0.15, -0.1) is 0 Å². The third-order valence-corrected chi connectivity index (χ3v) is 4.90. The zero-order chi connectivity index (χ0) is 13.2. The van der Waals surface area contributed by atoms with Gasteiger partial charge in [0.25, 0.3) is 0 Å². The summed E-state index contributed by atoms with van der Waals surface area (Å²) in [6, 6.07) is 6.22. The molecule has 1 saturated heterocycles.